The van der Waals surface area contributed by atoms with Crippen molar-refractivity contribution in [1.29, 1.82) is 0 Å². The molecule has 2 heterocycles. The average molecular weight is 497 g/mol. The molecule has 4 rings (SSSR count). The van der Waals surface area contributed by atoms with Crippen LogP contribution in [0.25, 0.3) is 0 Å². The van der Waals surface area contributed by atoms with Crippen molar-refractivity contribution in [3.05, 3.63) is 57.6 Å². The van der Waals surface area contributed by atoms with E-state index in [2.05, 4.69) is 0 Å². The molecule has 2 aromatic carbocycles. The van der Waals surface area contributed by atoms with E-state index < -0.39 is 40.7 Å². The molecular formula is C24H29ClO7S. The van der Waals surface area contributed by atoms with E-state index in [1.807, 2.05) is 44.2 Å². The molecule has 7 atom stereocenters. The minimum absolute atomic E-state index is 0.121. The average Bonchev–Trinajstić information content (AvgIpc) is 3.18. The number of rotatable bonds is 6. The molecule has 1 saturated heterocycles. The number of aliphatic hydroxyl groups excluding tert-OH is 3. The summed E-state index contributed by atoms with van der Waals surface area (Å²) in [5.41, 5.74) is 2.03. The molecule has 0 aromatic heterocycles. The van der Waals surface area contributed by atoms with E-state index in [1.165, 1.54) is 6.26 Å². The third-order valence-electron chi connectivity index (χ3n) is 6.06. The Labute approximate surface area is 200 Å². The molecule has 180 valence electrons. The normalized spacial score (nSPS) is 29.9. The highest BCUT2D eigenvalue weighted by atomic mass is 35.5. The van der Waals surface area contributed by atoms with Crippen LogP contribution in [0, 0.1) is 0 Å². The number of fused-ring (bicyclic) bond motifs is 1. The molecule has 0 saturated carbocycles. The minimum atomic E-state index is -1.58. The van der Waals surface area contributed by atoms with Crippen LogP contribution in [-0.4, -0.2) is 62.2 Å². The summed E-state index contributed by atoms with van der Waals surface area (Å²) in [6.07, 6.45) is -3.06. The highest BCUT2D eigenvalue weighted by molar-refractivity contribution is 7.84. The molecule has 1 fully saturated rings. The van der Waals surface area contributed by atoms with Crippen molar-refractivity contribution in [2.75, 3.05) is 12.9 Å². The van der Waals surface area contributed by atoms with Gasteiger partial charge in [-0.15, -0.1) is 0 Å². The maximum atomic E-state index is 12.1. The van der Waals surface area contributed by atoms with Gasteiger partial charge < -0.3 is 29.5 Å². The highest BCUT2D eigenvalue weighted by Gasteiger charge is 2.47. The van der Waals surface area contributed by atoms with Crippen molar-refractivity contribution in [1.82, 2.24) is 0 Å². The molecule has 0 unspecified atom stereocenters. The zero-order chi connectivity index (χ0) is 23.9. The predicted octanol–water partition coefficient (Wildman–Crippen LogP) is 2.51. The zero-order valence-corrected chi connectivity index (χ0v) is 20.3. The van der Waals surface area contributed by atoms with Gasteiger partial charge in [0, 0.05) is 23.8 Å². The SMILES string of the molecule is CCOc1ccc(Cc2cc([C@@H]3O[C@H]([S@](C)=O)[C@@H](O)[C@H](O)[C@H]3O)c3c(c2Cl)C[C@H](C)O3)cc1. The molecule has 0 amide bonds. The van der Waals surface area contributed by atoms with Crippen molar-refractivity contribution < 1.29 is 33.7 Å². The first-order valence-corrected chi connectivity index (χ1v) is 13.0. The number of halogens is 1. The largest absolute Gasteiger partial charge is 0.494 e. The van der Waals surface area contributed by atoms with Gasteiger partial charge in [-0.3, -0.25) is 4.21 Å². The lowest BCUT2D eigenvalue weighted by atomic mass is 9.90. The molecule has 2 aromatic rings. The van der Waals surface area contributed by atoms with Crippen LogP contribution in [-0.2, 0) is 28.4 Å². The van der Waals surface area contributed by atoms with Crippen LogP contribution >= 0.6 is 11.6 Å². The summed E-state index contributed by atoms with van der Waals surface area (Å²) in [4.78, 5) is 0. The lowest BCUT2D eigenvalue weighted by molar-refractivity contribution is -0.201. The second-order valence-corrected chi connectivity index (χ2v) is 10.4. The first-order valence-electron chi connectivity index (χ1n) is 11.0. The number of hydrogen-bond acceptors (Lipinski definition) is 7. The lowest BCUT2D eigenvalue weighted by Gasteiger charge is -2.40. The maximum absolute atomic E-state index is 12.1. The van der Waals surface area contributed by atoms with Crippen LogP contribution in [0.3, 0.4) is 0 Å². The van der Waals surface area contributed by atoms with Gasteiger partial charge in [0.25, 0.3) is 0 Å². The molecule has 0 aliphatic carbocycles. The van der Waals surface area contributed by atoms with Gasteiger partial charge in [-0.25, -0.2) is 0 Å². The minimum Gasteiger partial charge on any atom is -0.494 e. The maximum Gasteiger partial charge on any atom is 0.161 e. The molecule has 9 heteroatoms. The van der Waals surface area contributed by atoms with Crippen molar-refractivity contribution in [3.63, 3.8) is 0 Å². The van der Waals surface area contributed by atoms with Gasteiger partial charge in [-0.1, -0.05) is 23.7 Å². The van der Waals surface area contributed by atoms with Crippen molar-refractivity contribution in [2.24, 2.45) is 0 Å². The summed E-state index contributed by atoms with van der Waals surface area (Å²) < 4.78 is 29.5. The summed E-state index contributed by atoms with van der Waals surface area (Å²) in [7, 11) is -1.58. The van der Waals surface area contributed by atoms with E-state index in [4.69, 9.17) is 25.8 Å². The van der Waals surface area contributed by atoms with Crippen LogP contribution in [0.1, 0.15) is 42.2 Å². The van der Waals surface area contributed by atoms with E-state index in [1.54, 1.807) is 0 Å². The van der Waals surface area contributed by atoms with Gasteiger partial charge in [-0.05, 0) is 49.6 Å². The van der Waals surface area contributed by atoms with E-state index in [9.17, 15) is 19.5 Å². The second-order valence-electron chi connectivity index (χ2n) is 8.53. The molecule has 0 spiro atoms. The third kappa shape index (κ3) is 4.78. The fourth-order valence-corrected chi connectivity index (χ4v) is 5.56. The van der Waals surface area contributed by atoms with Crippen molar-refractivity contribution in [3.8, 4) is 11.5 Å². The Hall–Kier alpha value is -1.68. The molecule has 7 nitrogen and oxygen atoms in total. The summed E-state index contributed by atoms with van der Waals surface area (Å²) in [5, 5.41) is 32.0. The third-order valence-corrected chi connectivity index (χ3v) is 7.57. The van der Waals surface area contributed by atoms with E-state index >= 15 is 0 Å². The van der Waals surface area contributed by atoms with Crippen molar-refractivity contribution >= 4 is 22.4 Å². The number of benzene rings is 2. The molecule has 0 bridgehead atoms. The smallest absolute Gasteiger partial charge is 0.161 e. The van der Waals surface area contributed by atoms with Crippen LogP contribution < -0.4 is 9.47 Å². The summed E-state index contributed by atoms with van der Waals surface area (Å²) in [6.45, 7) is 4.44. The van der Waals surface area contributed by atoms with Gasteiger partial charge in [-0.2, -0.15) is 0 Å². The first kappa shape index (κ1) is 24.4. The van der Waals surface area contributed by atoms with Crippen molar-refractivity contribution in [2.45, 2.75) is 62.6 Å². The molecule has 3 N–H and O–H groups in total. The fraction of sp³-hybridized carbons (Fsp3) is 0.500. The Kier molecular flexibility index (Phi) is 7.33. The second kappa shape index (κ2) is 9.90. The fourth-order valence-electron chi connectivity index (χ4n) is 4.45. The summed E-state index contributed by atoms with van der Waals surface area (Å²) in [5.74, 6) is 1.30. The number of ether oxygens (including phenoxy) is 3. The quantitative estimate of drug-likeness (QED) is 0.564. The van der Waals surface area contributed by atoms with Crippen LogP contribution in [0.5, 0.6) is 11.5 Å². The van der Waals surface area contributed by atoms with Crippen LogP contribution in [0.15, 0.2) is 30.3 Å². The van der Waals surface area contributed by atoms with Crippen LogP contribution in [0.2, 0.25) is 5.02 Å². The van der Waals surface area contributed by atoms with Gasteiger partial charge in [0.15, 0.2) is 5.44 Å². The van der Waals surface area contributed by atoms with E-state index in [-0.39, 0.29) is 6.10 Å². The highest BCUT2D eigenvalue weighted by Crippen LogP contribution is 2.46. The molecule has 33 heavy (non-hydrogen) atoms. The Bertz CT molecular complexity index is 1030. The standard InChI is InChI=1S/C24H29ClO7S/c1-4-30-15-7-5-13(6-8-15)10-14-11-17(22-16(18(14)25)9-12(2)31-22)23-20(27)19(26)21(28)24(32-23)33(3)29/h5-8,11-12,19-21,23-24,26-28H,4,9-10H2,1-3H3/t12-,19+,20+,21-,23-,24+,33-/m0/s1. The molecule has 2 aliphatic heterocycles. The lowest BCUT2D eigenvalue weighted by Crippen LogP contribution is -2.55. The topological polar surface area (TPSA) is 105 Å². The number of hydrogen-bond donors (Lipinski definition) is 3. The van der Waals surface area contributed by atoms with E-state index in [0.29, 0.717) is 35.8 Å². The Morgan fingerprint density at radius 3 is 2.48 bits per heavy atom. The first-order chi connectivity index (χ1) is 15.7. The summed E-state index contributed by atoms with van der Waals surface area (Å²) in [6, 6.07) is 9.55. The number of aliphatic hydroxyl groups is 3. The Balaban J connectivity index is 1.74. The molecule has 0 radical (unpaired) electrons. The monoisotopic (exact) mass is 496 g/mol. The van der Waals surface area contributed by atoms with Gasteiger partial charge >= 0.3 is 0 Å². The Morgan fingerprint density at radius 2 is 1.85 bits per heavy atom. The van der Waals surface area contributed by atoms with Gasteiger partial charge in [0.05, 0.1) is 22.4 Å². The van der Waals surface area contributed by atoms with Gasteiger partial charge in [0.1, 0.15) is 42.0 Å². The summed E-state index contributed by atoms with van der Waals surface area (Å²) >= 11 is 6.78. The zero-order valence-electron chi connectivity index (χ0n) is 18.7. The molecule has 2 aliphatic rings. The Morgan fingerprint density at radius 1 is 1.15 bits per heavy atom. The molecular weight excluding hydrogens is 468 g/mol. The van der Waals surface area contributed by atoms with E-state index in [0.717, 1.165) is 22.4 Å². The predicted molar refractivity (Wildman–Crippen MR) is 125 cm³/mol. The van der Waals surface area contributed by atoms with Crippen LogP contribution in [0.4, 0.5) is 0 Å². The van der Waals surface area contributed by atoms with Gasteiger partial charge in [0.2, 0.25) is 0 Å².